The van der Waals surface area contributed by atoms with Crippen molar-refractivity contribution in [1.82, 2.24) is 0 Å². The number of rotatable bonds is 4. The van der Waals surface area contributed by atoms with E-state index in [1.54, 1.807) is 30.7 Å². The maximum Gasteiger partial charge on any atom is 0.265 e. The molecule has 0 aliphatic rings. The third-order valence-corrected chi connectivity index (χ3v) is 4.83. The summed E-state index contributed by atoms with van der Waals surface area (Å²) in [4.78, 5) is 0.147. The number of furan rings is 1. The van der Waals surface area contributed by atoms with Gasteiger partial charge in [0.05, 0.1) is 5.69 Å². The van der Waals surface area contributed by atoms with E-state index in [9.17, 15) is 8.42 Å². The topological polar surface area (TPSA) is 85.3 Å². The molecule has 0 aliphatic heterocycles. The van der Waals surface area contributed by atoms with Gasteiger partial charge in [-0.25, -0.2) is 8.42 Å². The van der Waals surface area contributed by atoms with E-state index in [0.29, 0.717) is 22.8 Å². The van der Waals surface area contributed by atoms with E-state index < -0.39 is 10.0 Å². The largest absolute Gasteiger partial charge is 0.465 e. The van der Waals surface area contributed by atoms with Crippen LogP contribution in [0.3, 0.4) is 0 Å². The Labute approximate surface area is 110 Å². The monoisotopic (exact) mass is 286 g/mol. The Balaban J connectivity index is 2.47. The summed E-state index contributed by atoms with van der Waals surface area (Å²) in [5.74, 6) is 0.899. The quantitative estimate of drug-likeness (QED) is 0.902. The second kappa shape index (κ2) is 4.75. The molecule has 0 spiro atoms. The van der Waals surface area contributed by atoms with E-state index in [2.05, 4.69) is 4.72 Å². The molecule has 2 heterocycles. The second-order valence-corrected chi connectivity index (χ2v) is 6.24. The molecule has 3 N–H and O–H groups in total. The predicted octanol–water partition coefficient (Wildman–Crippen LogP) is 2.22. The van der Waals surface area contributed by atoms with Gasteiger partial charge in [-0.15, -0.1) is 0 Å². The van der Waals surface area contributed by atoms with Gasteiger partial charge in [-0.3, -0.25) is 4.72 Å². The molecule has 0 radical (unpaired) electrons. The molecule has 0 fully saturated rings. The highest BCUT2D eigenvalue weighted by Gasteiger charge is 2.26. The van der Waals surface area contributed by atoms with Crippen molar-refractivity contribution in [3.63, 3.8) is 0 Å². The van der Waals surface area contributed by atoms with E-state index in [0.717, 1.165) is 0 Å². The lowest BCUT2D eigenvalue weighted by Crippen LogP contribution is -2.16. The number of sulfonamides is 1. The Bertz CT molecular complexity index is 642. The summed E-state index contributed by atoms with van der Waals surface area (Å²) in [7, 11) is -3.65. The summed E-state index contributed by atoms with van der Waals surface area (Å²) >= 11 is 1.42. The molecule has 0 amide bonds. The zero-order valence-electron chi connectivity index (χ0n) is 10.1. The van der Waals surface area contributed by atoms with E-state index in [1.165, 1.54) is 11.3 Å². The van der Waals surface area contributed by atoms with Crippen molar-refractivity contribution >= 4 is 27.0 Å². The average Bonchev–Trinajstić information content (AvgIpc) is 2.85. The molecular weight excluding hydrogens is 272 g/mol. The van der Waals surface area contributed by atoms with Crippen LogP contribution < -0.4 is 10.5 Å². The van der Waals surface area contributed by atoms with Crippen LogP contribution in [0.4, 0.5) is 5.69 Å². The first kappa shape index (κ1) is 13.1. The molecule has 0 aliphatic carbocycles. The normalized spacial score (nSPS) is 11.7. The van der Waals surface area contributed by atoms with E-state index in [-0.39, 0.29) is 11.4 Å². The Morgan fingerprint density at radius 2 is 2.11 bits per heavy atom. The Hall–Kier alpha value is -1.31. The first-order chi connectivity index (χ1) is 8.45. The van der Waals surface area contributed by atoms with Crippen molar-refractivity contribution in [2.24, 2.45) is 5.73 Å². The van der Waals surface area contributed by atoms with Crippen LogP contribution in [-0.4, -0.2) is 8.42 Å². The first-order valence-corrected chi connectivity index (χ1v) is 7.72. The first-order valence-electron chi connectivity index (χ1n) is 5.29. The molecule has 2 aromatic rings. The number of nitrogens with one attached hydrogen (secondary N) is 1. The fraction of sp³-hybridized carbons (Fsp3) is 0.273. The molecule has 18 heavy (non-hydrogen) atoms. The summed E-state index contributed by atoms with van der Waals surface area (Å²) in [6.07, 6.45) is 0. The lowest BCUT2D eigenvalue weighted by molar-refractivity contribution is 0.494. The van der Waals surface area contributed by atoms with Crippen molar-refractivity contribution in [2.45, 2.75) is 25.3 Å². The third kappa shape index (κ3) is 2.29. The van der Waals surface area contributed by atoms with Crippen molar-refractivity contribution < 1.29 is 12.8 Å². The van der Waals surface area contributed by atoms with Crippen LogP contribution in [-0.2, 0) is 16.6 Å². The van der Waals surface area contributed by atoms with Crippen LogP contribution >= 0.6 is 11.3 Å². The number of hydrogen-bond donors (Lipinski definition) is 2. The summed E-state index contributed by atoms with van der Waals surface area (Å²) in [6.45, 7) is 3.45. The summed E-state index contributed by atoms with van der Waals surface area (Å²) < 4.78 is 32.4. The van der Waals surface area contributed by atoms with Gasteiger partial charge in [0.1, 0.15) is 16.4 Å². The highest BCUT2D eigenvalue weighted by atomic mass is 32.2. The maximum atomic E-state index is 12.3. The SMILES string of the molecule is Cc1oc(C)c(S(=O)(=O)Nc2ccsc2)c1CN. The molecule has 0 bridgehead atoms. The standard InChI is InChI=1S/C11H14N2O3S2/c1-7-10(5-12)11(8(2)16-7)18(14,15)13-9-3-4-17-6-9/h3-4,6,13H,5,12H2,1-2H3. The van der Waals surface area contributed by atoms with Crippen molar-refractivity contribution in [3.05, 3.63) is 33.9 Å². The van der Waals surface area contributed by atoms with Gasteiger partial charge in [0.15, 0.2) is 0 Å². The zero-order valence-corrected chi connectivity index (χ0v) is 11.7. The highest BCUT2D eigenvalue weighted by molar-refractivity contribution is 7.92. The lowest BCUT2D eigenvalue weighted by Gasteiger charge is -2.07. The maximum absolute atomic E-state index is 12.3. The van der Waals surface area contributed by atoms with Gasteiger partial charge in [0.25, 0.3) is 10.0 Å². The fourth-order valence-corrected chi connectivity index (χ4v) is 4.00. The molecule has 0 saturated carbocycles. The van der Waals surface area contributed by atoms with Gasteiger partial charge in [0.2, 0.25) is 0 Å². The van der Waals surface area contributed by atoms with Gasteiger partial charge < -0.3 is 10.2 Å². The number of nitrogens with two attached hydrogens (primary N) is 1. The minimum absolute atomic E-state index is 0.128. The molecule has 2 rings (SSSR count). The van der Waals surface area contributed by atoms with E-state index in [1.807, 2.05) is 0 Å². The molecule has 0 saturated heterocycles. The van der Waals surface area contributed by atoms with E-state index >= 15 is 0 Å². The van der Waals surface area contributed by atoms with Gasteiger partial charge in [-0.2, -0.15) is 11.3 Å². The van der Waals surface area contributed by atoms with Crippen molar-refractivity contribution in [2.75, 3.05) is 4.72 Å². The van der Waals surface area contributed by atoms with Gasteiger partial charge in [-0.1, -0.05) is 0 Å². The van der Waals surface area contributed by atoms with Gasteiger partial charge in [0, 0.05) is 17.5 Å². The average molecular weight is 286 g/mol. The molecule has 98 valence electrons. The molecule has 0 unspecified atom stereocenters. The predicted molar refractivity (Wildman–Crippen MR) is 71.2 cm³/mol. The fourth-order valence-electron chi connectivity index (χ4n) is 1.83. The van der Waals surface area contributed by atoms with Crippen molar-refractivity contribution in [3.8, 4) is 0 Å². The zero-order chi connectivity index (χ0) is 13.3. The molecule has 5 nitrogen and oxygen atoms in total. The van der Waals surface area contributed by atoms with Gasteiger partial charge in [-0.05, 0) is 25.3 Å². The molecule has 0 aromatic carbocycles. The molecule has 0 atom stereocenters. The van der Waals surface area contributed by atoms with Crippen LogP contribution in [0.5, 0.6) is 0 Å². The molecule has 7 heteroatoms. The minimum Gasteiger partial charge on any atom is -0.465 e. The number of anilines is 1. The Morgan fingerprint density at radius 3 is 2.67 bits per heavy atom. The van der Waals surface area contributed by atoms with Crippen LogP contribution in [0.25, 0.3) is 0 Å². The summed E-state index contributed by atoms with van der Waals surface area (Å²) in [5, 5.41) is 3.52. The van der Waals surface area contributed by atoms with Crippen LogP contribution in [0.1, 0.15) is 17.1 Å². The molecule has 2 aromatic heterocycles. The number of thiophene rings is 1. The second-order valence-electron chi connectivity index (χ2n) is 3.84. The summed E-state index contributed by atoms with van der Waals surface area (Å²) in [5.41, 5.74) is 6.65. The highest BCUT2D eigenvalue weighted by Crippen LogP contribution is 2.28. The smallest absolute Gasteiger partial charge is 0.265 e. The Morgan fingerprint density at radius 1 is 1.39 bits per heavy atom. The van der Waals surface area contributed by atoms with Gasteiger partial charge >= 0.3 is 0 Å². The number of hydrogen-bond acceptors (Lipinski definition) is 5. The van der Waals surface area contributed by atoms with Crippen LogP contribution in [0, 0.1) is 13.8 Å². The van der Waals surface area contributed by atoms with Crippen molar-refractivity contribution in [1.29, 1.82) is 0 Å². The van der Waals surface area contributed by atoms with E-state index in [4.69, 9.17) is 10.2 Å². The summed E-state index contributed by atoms with van der Waals surface area (Å²) in [6, 6.07) is 1.70. The molecular formula is C11H14N2O3S2. The minimum atomic E-state index is -3.65. The lowest BCUT2D eigenvalue weighted by atomic mass is 10.2. The van der Waals surface area contributed by atoms with Crippen LogP contribution in [0.2, 0.25) is 0 Å². The third-order valence-electron chi connectivity index (χ3n) is 2.57. The number of aryl methyl sites for hydroxylation is 2. The van der Waals surface area contributed by atoms with Crippen LogP contribution in [0.15, 0.2) is 26.1 Å². The Kier molecular flexibility index (Phi) is 3.47.